The van der Waals surface area contributed by atoms with Crippen LogP contribution in [0.15, 0.2) is 0 Å². The van der Waals surface area contributed by atoms with Crippen LogP contribution in [0, 0.1) is 29.6 Å². The van der Waals surface area contributed by atoms with Crippen molar-refractivity contribution in [1.29, 1.82) is 0 Å². The molecule has 0 saturated heterocycles. The molecule has 2 aliphatic rings. The van der Waals surface area contributed by atoms with E-state index in [1.165, 1.54) is 0 Å². The number of hydrogen-bond acceptors (Lipinski definition) is 2. The maximum Gasteiger partial charge on any atom is 0.123 e. The normalized spacial score (nSPS) is 45.5. The molecule has 0 radical (unpaired) electrons. The summed E-state index contributed by atoms with van der Waals surface area (Å²) in [4.78, 5) is 11.1. The van der Waals surface area contributed by atoms with Gasteiger partial charge in [0.1, 0.15) is 6.29 Å². The molecule has 0 aromatic rings. The van der Waals surface area contributed by atoms with Gasteiger partial charge in [-0.2, -0.15) is 0 Å². The molecule has 2 aliphatic carbocycles. The molecule has 2 saturated carbocycles. The van der Waals surface area contributed by atoms with Gasteiger partial charge in [-0.05, 0) is 49.4 Å². The third-order valence-electron chi connectivity index (χ3n) is 4.64. The van der Waals surface area contributed by atoms with E-state index in [4.69, 9.17) is 0 Å². The van der Waals surface area contributed by atoms with Crippen LogP contribution in [-0.4, -0.2) is 17.5 Å². The van der Waals surface area contributed by atoms with Crippen LogP contribution in [0.1, 0.15) is 39.5 Å². The molecule has 0 aromatic heterocycles. The molecule has 1 N–H and O–H groups in total. The van der Waals surface area contributed by atoms with Crippen LogP contribution in [0.4, 0.5) is 0 Å². The molecule has 2 rings (SSSR count). The lowest BCUT2D eigenvalue weighted by Gasteiger charge is -2.41. The van der Waals surface area contributed by atoms with Gasteiger partial charge in [0.25, 0.3) is 0 Å². The zero-order valence-corrected chi connectivity index (χ0v) is 9.73. The summed E-state index contributed by atoms with van der Waals surface area (Å²) in [6.45, 7) is 4.50. The van der Waals surface area contributed by atoms with Gasteiger partial charge < -0.3 is 9.90 Å². The smallest absolute Gasteiger partial charge is 0.123 e. The van der Waals surface area contributed by atoms with Crippen LogP contribution in [0.5, 0.6) is 0 Å². The van der Waals surface area contributed by atoms with Gasteiger partial charge in [0.05, 0.1) is 6.10 Å². The van der Waals surface area contributed by atoms with Crippen molar-refractivity contribution < 1.29 is 9.90 Å². The van der Waals surface area contributed by atoms with Gasteiger partial charge in [0.2, 0.25) is 0 Å². The van der Waals surface area contributed by atoms with Crippen molar-refractivity contribution in [2.45, 2.75) is 45.6 Å². The van der Waals surface area contributed by atoms with Crippen molar-refractivity contribution >= 4 is 6.29 Å². The largest absolute Gasteiger partial charge is 0.393 e. The van der Waals surface area contributed by atoms with Gasteiger partial charge in [-0.3, -0.25) is 0 Å². The minimum atomic E-state index is -0.144. The average Bonchev–Trinajstić information content (AvgIpc) is 2.62. The summed E-state index contributed by atoms with van der Waals surface area (Å²) in [5.41, 5.74) is 0. The highest BCUT2D eigenvalue weighted by atomic mass is 16.3. The van der Waals surface area contributed by atoms with Gasteiger partial charge >= 0.3 is 0 Å². The lowest BCUT2D eigenvalue weighted by Crippen LogP contribution is -2.39. The Bertz CT molecular complexity index is 237. The van der Waals surface area contributed by atoms with Gasteiger partial charge in [-0.25, -0.2) is 0 Å². The molecule has 0 aliphatic heterocycles. The Morgan fingerprint density at radius 2 is 1.93 bits per heavy atom. The molecule has 2 nitrogen and oxygen atoms in total. The van der Waals surface area contributed by atoms with Crippen molar-refractivity contribution in [2.75, 3.05) is 0 Å². The van der Waals surface area contributed by atoms with E-state index in [2.05, 4.69) is 13.8 Å². The molecular formula is C13H22O2. The second-order valence-corrected chi connectivity index (χ2v) is 5.67. The predicted octanol–water partition coefficient (Wildman–Crippen LogP) is 2.25. The van der Waals surface area contributed by atoms with E-state index < -0.39 is 0 Å². The molecule has 86 valence electrons. The number of rotatable bonds is 2. The van der Waals surface area contributed by atoms with Gasteiger partial charge in [0, 0.05) is 5.92 Å². The first kappa shape index (κ1) is 11.1. The van der Waals surface area contributed by atoms with E-state index in [1.807, 2.05) is 0 Å². The van der Waals surface area contributed by atoms with Crippen LogP contribution in [-0.2, 0) is 4.79 Å². The Labute approximate surface area is 92.1 Å². The van der Waals surface area contributed by atoms with Gasteiger partial charge in [0.15, 0.2) is 0 Å². The van der Waals surface area contributed by atoms with Crippen LogP contribution < -0.4 is 0 Å². The third-order valence-corrected chi connectivity index (χ3v) is 4.64. The van der Waals surface area contributed by atoms with Crippen LogP contribution >= 0.6 is 0 Å². The summed E-state index contributed by atoms with van der Waals surface area (Å²) < 4.78 is 0. The van der Waals surface area contributed by atoms with Crippen LogP contribution in [0.25, 0.3) is 0 Å². The Morgan fingerprint density at radius 1 is 1.20 bits per heavy atom. The fraction of sp³-hybridized carbons (Fsp3) is 0.923. The summed E-state index contributed by atoms with van der Waals surface area (Å²) in [6, 6.07) is 0. The molecule has 0 aromatic carbocycles. The second-order valence-electron chi connectivity index (χ2n) is 5.67. The third kappa shape index (κ3) is 1.84. The van der Waals surface area contributed by atoms with Crippen molar-refractivity contribution in [3.05, 3.63) is 0 Å². The fourth-order valence-corrected chi connectivity index (χ4v) is 3.88. The standard InChI is InChI=1S/C13H22O2/c1-8(2)10-5-6-12(15)11-4-3-9(7-14)13(10)11/h7-13,15H,3-6H2,1-2H3. The number of hydrogen-bond donors (Lipinski definition) is 1. The fourth-order valence-electron chi connectivity index (χ4n) is 3.88. The van der Waals surface area contributed by atoms with Crippen molar-refractivity contribution in [3.63, 3.8) is 0 Å². The molecular weight excluding hydrogens is 188 g/mol. The first-order chi connectivity index (χ1) is 7.15. The average molecular weight is 210 g/mol. The highest BCUT2D eigenvalue weighted by Crippen LogP contribution is 2.50. The summed E-state index contributed by atoms with van der Waals surface area (Å²) in [5, 5.41) is 9.98. The second kappa shape index (κ2) is 4.25. The quantitative estimate of drug-likeness (QED) is 0.710. The Hall–Kier alpha value is -0.370. The lowest BCUT2D eigenvalue weighted by molar-refractivity contribution is -0.114. The molecule has 15 heavy (non-hydrogen) atoms. The van der Waals surface area contributed by atoms with Gasteiger partial charge in [-0.15, -0.1) is 0 Å². The Balaban J connectivity index is 2.19. The highest BCUT2D eigenvalue weighted by molar-refractivity contribution is 5.55. The molecule has 0 heterocycles. The topological polar surface area (TPSA) is 37.3 Å². The van der Waals surface area contributed by atoms with Gasteiger partial charge in [-0.1, -0.05) is 13.8 Å². The van der Waals surface area contributed by atoms with E-state index in [-0.39, 0.29) is 12.0 Å². The summed E-state index contributed by atoms with van der Waals surface area (Å²) in [7, 11) is 0. The number of aldehydes is 1. The first-order valence-electron chi connectivity index (χ1n) is 6.28. The van der Waals surface area contributed by atoms with Crippen molar-refractivity contribution in [1.82, 2.24) is 0 Å². The summed E-state index contributed by atoms with van der Waals surface area (Å²) >= 11 is 0. The van der Waals surface area contributed by atoms with Crippen LogP contribution in [0.2, 0.25) is 0 Å². The van der Waals surface area contributed by atoms with E-state index in [1.54, 1.807) is 0 Å². The maximum absolute atomic E-state index is 11.1. The van der Waals surface area contributed by atoms with Crippen molar-refractivity contribution in [2.24, 2.45) is 29.6 Å². The molecule has 2 fully saturated rings. The van der Waals surface area contributed by atoms with E-state index >= 15 is 0 Å². The molecule has 5 unspecified atom stereocenters. The minimum Gasteiger partial charge on any atom is -0.393 e. The van der Waals surface area contributed by atoms with E-state index in [9.17, 15) is 9.90 Å². The number of aliphatic hydroxyl groups is 1. The first-order valence-corrected chi connectivity index (χ1v) is 6.28. The summed E-state index contributed by atoms with van der Waals surface area (Å²) in [6.07, 6.45) is 5.09. The number of aliphatic hydroxyl groups excluding tert-OH is 1. The lowest BCUT2D eigenvalue weighted by atomic mass is 9.66. The maximum atomic E-state index is 11.1. The number of fused-ring (bicyclic) bond motifs is 1. The zero-order chi connectivity index (χ0) is 11.0. The molecule has 0 bridgehead atoms. The minimum absolute atomic E-state index is 0.144. The zero-order valence-electron chi connectivity index (χ0n) is 9.73. The van der Waals surface area contributed by atoms with E-state index in [0.717, 1.165) is 32.0 Å². The molecule has 0 spiro atoms. The summed E-state index contributed by atoms with van der Waals surface area (Å²) in [5.74, 6) is 2.38. The predicted molar refractivity (Wildman–Crippen MR) is 59.3 cm³/mol. The van der Waals surface area contributed by atoms with Crippen LogP contribution in [0.3, 0.4) is 0 Å². The molecule has 5 atom stereocenters. The molecule has 2 heteroatoms. The molecule has 0 amide bonds. The van der Waals surface area contributed by atoms with Crippen molar-refractivity contribution in [3.8, 4) is 0 Å². The number of carbonyl (C=O) groups excluding carboxylic acids is 1. The Kier molecular flexibility index (Phi) is 3.15. The monoisotopic (exact) mass is 210 g/mol. The number of carbonyl (C=O) groups is 1. The van der Waals surface area contributed by atoms with E-state index in [0.29, 0.717) is 23.7 Å². The Morgan fingerprint density at radius 3 is 2.53 bits per heavy atom. The SMILES string of the molecule is CC(C)C1CCC(O)C2CCC(C=O)C12. The highest BCUT2D eigenvalue weighted by Gasteiger charge is 2.47.